The Kier molecular flexibility index (Phi) is 3.82. The lowest BCUT2D eigenvalue weighted by Crippen LogP contribution is -2.33. The van der Waals surface area contributed by atoms with Gasteiger partial charge >= 0.3 is 0 Å². The van der Waals surface area contributed by atoms with Crippen molar-refractivity contribution in [1.82, 2.24) is 11.1 Å². The smallest absolute Gasteiger partial charge is 0.00638 e. The largest absolute Gasteiger partial charge is 0.344 e. The van der Waals surface area contributed by atoms with E-state index in [9.17, 15) is 0 Å². The first-order valence-electron chi connectivity index (χ1n) is 3.51. The second kappa shape index (κ2) is 3.85. The summed E-state index contributed by atoms with van der Waals surface area (Å²) in [4.78, 5) is 2.43. The molecule has 0 aromatic heterocycles. The lowest BCUT2D eigenvalue weighted by Gasteiger charge is -2.29. The molecule has 0 saturated carbocycles. The molecule has 0 aromatic carbocycles. The van der Waals surface area contributed by atoms with Gasteiger partial charge in [-0.1, -0.05) is 6.42 Å². The Morgan fingerprint density at radius 3 is 2.33 bits per heavy atom. The van der Waals surface area contributed by atoms with Crippen molar-refractivity contribution < 1.29 is 0 Å². The number of likely N-dealkylation sites (tertiary alicyclic amines) is 1. The van der Waals surface area contributed by atoms with Gasteiger partial charge in [-0.25, -0.2) is 0 Å². The molecule has 1 unspecified atom stereocenters. The van der Waals surface area contributed by atoms with Gasteiger partial charge in [0.15, 0.2) is 0 Å². The summed E-state index contributed by atoms with van der Waals surface area (Å²) in [5.74, 6) is 0. The Morgan fingerprint density at radius 2 is 2.00 bits per heavy atom. The number of nitrogens with zero attached hydrogens (tertiary/aromatic N) is 1. The topological polar surface area (TPSA) is 38.2 Å². The zero-order chi connectivity index (χ0) is 5.98. The highest BCUT2D eigenvalue weighted by Gasteiger charge is 2.12. The molecule has 1 atom stereocenters. The minimum Gasteiger partial charge on any atom is -0.344 e. The van der Waals surface area contributed by atoms with Gasteiger partial charge in [-0.3, -0.25) is 0 Å². The third-order valence-electron chi connectivity index (χ3n) is 2.14. The fourth-order valence-corrected chi connectivity index (χ4v) is 1.24. The molecule has 1 aliphatic heterocycles. The van der Waals surface area contributed by atoms with Crippen molar-refractivity contribution >= 4 is 0 Å². The summed E-state index contributed by atoms with van der Waals surface area (Å²) >= 11 is 0. The van der Waals surface area contributed by atoms with E-state index < -0.39 is 0 Å². The van der Waals surface area contributed by atoms with Gasteiger partial charge in [0.2, 0.25) is 0 Å². The Morgan fingerprint density at radius 1 is 1.33 bits per heavy atom. The highest BCUT2D eigenvalue weighted by molar-refractivity contribution is 4.68. The van der Waals surface area contributed by atoms with E-state index in [4.69, 9.17) is 0 Å². The summed E-state index contributed by atoms with van der Waals surface area (Å²) in [6, 6.07) is 0.837. The molecule has 0 amide bonds. The maximum Gasteiger partial charge on any atom is 0.00638 e. The van der Waals surface area contributed by atoms with Crippen molar-refractivity contribution in [3.05, 3.63) is 0 Å². The quantitative estimate of drug-likeness (QED) is 0.541. The average Bonchev–Trinajstić information content (AvgIpc) is 1.77. The minimum absolute atomic E-state index is 0. The predicted octanol–water partition coefficient (Wildman–Crippen LogP) is 1.65. The molecule has 1 aliphatic rings. The fourth-order valence-electron chi connectivity index (χ4n) is 1.24. The highest BCUT2D eigenvalue weighted by Crippen LogP contribution is 2.13. The maximum atomic E-state index is 2.43. The molecular weight excluding hydrogens is 112 g/mol. The molecule has 1 rings (SSSR count). The summed E-state index contributed by atoms with van der Waals surface area (Å²) in [7, 11) is 2.21. The van der Waals surface area contributed by atoms with Crippen LogP contribution in [0.4, 0.5) is 0 Å². The van der Waals surface area contributed by atoms with Gasteiger partial charge in [-0.2, -0.15) is 0 Å². The molecule has 0 aliphatic carbocycles. The van der Waals surface area contributed by atoms with Gasteiger partial charge in [0, 0.05) is 6.04 Å². The zero-order valence-electron chi connectivity index (χ0n) is 6.56. The van der Waals surface area contributed by atoms with Gasteiger partial charge in [0.05, 0.1) is 0 Å². The SMILES string of the molecule is CC1CCCCN1C.N. The van der Waals surface area contributed by atoms with E-state index >= 15 is 0 Å². The van der Waals surface area contributed by atoms with Crippen LogP contribution in [-0.2, 0) is 0 Å². The van der Waals surface area contributed by atoms with E-state index in [0.717, 1.165) is 6.04 Å². The molecule has 9 heavy (non-hydrogen) atoms. The average molecular weight is 130 g/mol. The molecule has 56 valence electrons. The molecule has 0 radical (unpaired) electrons. The van der Waals surface area contributed by atoms with Crippen LogP contribution < -0.4 is 6.15 Å². The maximum absolute atomic E-state index is 2.43. The van der Waals surface area contributed by atoms with Crippen LogP contribution in [0.2, 0.25) is 0 Å². The standard InChI is InChI=1S/C7H15N.H3N/c1-7-5-3-4-6-8(7)2;/h7H,3-6H2,1-2H3;1H3. The normalized spacial score (nSPS) is 29.3. The number of piperidine rings is 1. The van der Waals surface area contributed by atoms with Crippen LogP contribution >= 0.6 is 0 Å². The predicted molar refractivity (Wildman–Crippen MR) is 41.0 cm³/mol. The van der Waals surface area contributed by atoms with E-state index in [-0.39, 0.29) is 6.15 Å². The number of hydrogen-bond donors (Lipinski definition) is 1. The third kappa shape index (κ3) is 2.33. The Hall–Kier alpha value is -0.0800. The van der Waals surface area contributed by atoms with Crippen molar-refractivity contribution in [3.8, 4) is 0 Å². The number of hydrogen-bond acceptors (Lipinski definition) is 2. The molecule has 1 fully saturated rings. The van der Waals surface area contributed by atoms with Crippen molar-refractivity contribution in [2.75, 3.05) is 13.6 Å². The summed E-state index contributed by atoms with van der Waals surface area (Å²) in [5.41, 5.74) is 0. The fraction of sp³-hybridized carbons (Fsp3) is 1.00. The van der Waals surface area contributed by atoms with Gasteiger partial charge in [-0.15, -0.1) is 0 Å². The Bertz CT molecular complexity index is 63.3. The van der Waals surface area contributed by atoms with E-state index in [0.29, 0.717) is 0 Å². The van der Waals surface area contributed by atoms with E-state index in [2.05, 4.69) is 18.9 Å². The first kappa shape index (κ1) is 8.92. The third-order valence-corrected chi connectivity index (χ3v) is 2.14. The Balaban J connectivity index is 0.000000640. The van der Waals surface area contributed by atoms with Crippen molar-refractivity contribution in [2.24, 2.45) is 0 Å². The van der Waals surface area contributed by atoms with Gasteiger partial charge in [0.25, 0.3) is 0 Å². The first-order chi connectivity index (χ1) is 3.80. The summed E-state index contributed by atoms with van der Waals surface area (Å²) in [6.07, 6.45) is 4.24. The Labute approximate surface area is 57.8 Å². The van der Waals surface area contributed by atoms with Crippen molar-refractivity contribution in [2.45, 2.75) is 32.2 Å². The second-order valence-electron chi connectivity index (χ2n) is 2.83. The van der Waals surface area contributed by atoms with Crippen LogP contribution in [0, 0.1) is 0 Å². The summed E-state index contributed by atoms with van der Waals surface area (Å²) in [6.45, 7) is 3.61. The number of rotatable bonds is 0. The minimum atomic E-state index is 0. The first-order valence-corrected chi connectivity index (χ1v) is 3.51. The van der Waals surface area contributed by atoms with Gasteiger partial charge in [-0.05, 0) is 33.4 Å². The van der Waals surface area contributed by atoms with E-state index in [1.807, 2.05) is 0 Å². The lowest BCUT2D eigenvalue weighted by molar-refractivity contribution is 0.200. The molecule has 0 aromatic rings. The summed E-state index contributed by atoms with van der Waals surface area (Å²) in [5, 5.41) is 0. The van der Waals surface area contributed by atoms with Gasteiger partial charge in [0.1, 0.15) is 0 Å². The molecule has 1 saturated heterocycles. The van der Waals surface area contributed by atoms with Crippen LogP contribution in [0.15, 0.2) is 0 Å². The monoisotopic (exact) mass is 130 g/mol. The van der Waals surface area contributed by atoms with Crippen molar-refractivity contribution in [1.29, 1.82) is 0 Å². The lowest BCUT2D eigenvalue weighted by atomic mass is 10.1. The van der Waals surface area contributed by atoms with Crippen LogP contribution in [0.5, 0.6) is 0 Å². The van der Waals surface area contributed by atoms with Crippen LogP contribution in [-0.4, -0.2) is 24.5 Å². The highest BCUT2D eigenvalue weighted by atomic mass is 15.1. The second-order valence-corrected chi connectivity index (χ2v) is 2.83. The molecular formula is C7H18N2. The molecule has 2 heteroatoms. The van der Waals surface area contributed by atoms with Crippen LogP contribution in [0.3, 0.4) is 0 Å². The zero-order valence-corrected chi connectivity index (χ0v) is 6.56. The van der Waals surface area contributed by atoms with Crippen LogP contribution in [0.1, 0.15) is 26.2 Å². The van der Waals surface area contributed by atoms with E-state index in [1.165, 1.54) is 25.8 Å². The summed E-state index contributed by atoms with van der Waals surface area (Å²) < 4.78 is 0. The van der Waals surface area contributed by atoms with E-state index in [1.54, 1.807) is 0 Å². The van der Waals surface area contributed by atoms with Crippen LogP contribution in [0.25, 0.3) is 0 Å². The molecule has 3 N–H and O–H groups in total. The molecule has 2 nitrogen and oxygen atoms in total. The molecule has 0 spiro atoms. The van der Waals surface area contributed by atoms with Crippen molar-refractivity contribution in [3.63, 3.8) is 0 Å². The van der Waals surface area contributed by atoms with Gasteiger partial charge < -0.3 is 11.1 Å². The molecule has 1 heterocycles. The molecule has 0 bridgehead atoms.